The molecular formula is C24H22BrN3O3. The van der Waals surface area contributed by atoms with Crippen LogP contribution in [0.1, 0.15) is 28.8 Å². The van der Waals surface area contributed by atoms with E-state index in [0.717, 1.165) is 22.9 Å². The molecule has 1 fully saturated rings. The zero-order chi connectivity index (χ0) is 21.6. The molecule has 1 heterocycles. The second-order valence-corrected chi connectivity index (χ2v) is 8.36. The molecule has 0 aliphatic heterocycles. The molecule has 1 aliphatic rings. The van der Waals surface area contributed by atoms with Crippen molar-refractivity contribution in [1.82, 2.24) is 15.6 Å². The highest BCUT2D eigenvalue weighted by Crippen LogP contribution is 2.23. The summed E-state index contributed by atoms with van der Waals surface area (Å²) in [5.74, 6) is 0.497. The van der Waals surface area contributed by atoms with Gasteiger partial charge in [-0.3, -0.25) is 9.59 Å². The zero-order valence-corrected chi connectivity index (χ0v) is 18.3. The third-order valence-corrected chi connectivity index (χ3v) is 5.34. The average molecular weight is 480 g/mol. The number of ether oxygens (including phenoxy) is 1. The Morgan fingerprint density at radius 3 is 2.55 bits per heavy atom. The van der Waals surface area contributed by atoms with Crippen molar-refractivity contribution in [3.63, 3.8) is 0 Å². The number of hydrogen-bond acceptors (Lipinski definition) is 4. The molecule has 0 bridgehead atoms. The van der Waals surface area contributed by atoms with E-state index in [4.69, 9.17) is 4.74 Å². The van der Waals surface area contributed by atoms with E-state index in [-0.39, 0.29) is 17.9 Å². The lowest BCUT2D eigenvalue weighted by Gasteiger charge is -2.18. The summed E-state index contributed by atoms with van der Waals surface area (Å²) in [6.45, 7) is 0. The monoisotopic (exact) mass is 479 g/mol. The number of carbonyl (C=O) groups is 2. The predicted octanol–water partition coefficient (Wildman–Crippen LogP) is 4.26. The van der Waals surface area contributed by atoms with Crippen molar-refractivity contribution in [3.05, 3.63) is 88.5 Å². The molecule has 7 heteroatoms. The Morgan fingerprint density at radius 2 is 1.87 bits per heavy atom. The van der Waals surface area contributed by atoms with Gasteiger partial charge >= 0.3 is 0 Å². The summed E-state index contributed by atoms with van der Waals surface area (Å²) in [5.41, 5.74) is 1.34. The van der Waals surface area contributed by atoms with Crippen LogP contribution in [0.5, 0.6) is 11.6 Å². The molecule has 2 aromatic carbocycles. The van der Waals surface area contributed by atoms with Crippen molar-refractivity contribution in [2.24, 2.45) is 0 Å². The topological polar surface area (TPSA) is 80.3 Å². The first-order valence-corrected chi connectivity index (χ1v) is 10.9. The van der Waals surface area contributed by atoms with Crippen LogP contribution in [0.3, 0.4) is 0 Å². The van der Waals surface area contributed by atoms with Gasteiger partial charge in [0.2, 0.25) is 11.8 Å². The summed E-state index contributed by atoms with van der Waals surface area (Å²) in [4.78, 5) is 29.7. The van der Waals surface area contributed by atoms with Gasteiger partial charge in [0.05, 0.1) is 5.56 Å². The number of nitrogens with zero attached hydrogens (tertiary/aromatic N) is 1. The molecule has 2 N–H and O–H groups in total. The summed E-state index contributed by atoms with van der Waals surface area (Å²) >= 11 is 3.40. The summed E-state index contributed by atoms with van der Waals surface area (Å²) < 4.78 is 6.60. The first kappa shape index (κ1) is 21.1. The van der Waals surface area contributed by atoms with E-state index < -0.39 is 6.04 Å². The van der Waals surface area contributed by atoms with Crippen LogP contribution in [0.15, 0.2) is 77.4 Å². The van der Waals surface area contributed by atoms with Crippen LogP contribution in [0.2, 0.25) is 0 Å². The van der Waals surface area contributed by atoms with Crippen LogP contribution >= 0.6 is 15.9 Å². The second kappa shape index (κ2) is 9.75. The Kier molecular flexibility index (Phi) is 6.62. The fraction of sp³-hybridized carbons (Fsp3) is 0.208. The van der Waals surface area contributed by atoms with Crippen molar-refractivity contribution in [2.45, 2.75) is 31.3 Å². The number of hydrogen-bond donors (Lipinski definition) is 2. The van der Waals surface area contributed by atoms with Gasteiger partial charge in [0.1, 0.15) is 11.8 Å². The van der Waals surface area contributed by atoms with Gasteiger partial charge in [-0.25, -0.2) is 4.98 Å². The Hall–Kier alpha value is -3.19. The smallest absolute Gasteiger partial charge is 0.253 e. The van der Waals surface area contributed by atoms with Gasteiger partial charge in [0.25, 0.3) is 5.91 Å². The molecule has 1 atom stereocenters. The number of aromatic nitrogens is 1. The lowest BCUT2D eigenvalue weighted by Crippen LogP contribution is -2.48. The normalized spacial score (nSPS) is 13.8. The highest BCUT2D eigenvalue weighted by Gasteiger charge is 2.28. The molecule has 6 nitrogen and oxygen atoms in total. The number of carbonyl (C=O) groups excluding carboxylic acids is 2. The van der Waals surface area contributed by atoms with Gasteiger partial charge in [-0.15, -0.1) is 0 Å². The summed E-state index contributed by atoms with van der Waals surface area (Å²) in [6.07, 6.45) is 3.84. The highest BCUT2D eigenvalue weighted by molar-refractivity contribution is 9.10. The summed E-state index contributed by atoms with van der Waals surface area (Å²) in [7, 11) is 0. The van der Waals surface area contributed by atoms with Crippen LogP contribution in [-0.2, 0) is 11.2 Å². The van der Waals surface area contributed by atoms with Crippen molar-refractivity contribution in [2.75, 3.05) is 0 Å². The maximum absolute atomic E-state index is 12.8. The molecular weight excluding hydrogens is 458 g/mol. The van der Waals surface area contributed by atoms with Gasteiger partial charge < -0.3 is 15.4 Å². The lowest BCUT2D eigenvalue weighted by atomic mass is 10.0. The van der Waals surface area contributed by atoms with Crippen LogP contribution in [-0.4, -0.2) is 28.9 Å². The molecule has 1 unspecified atom stereocenters. The minimum atomic E-state index is -0.659. The van der Waals surface area contributed by atoms with Gasteiger partial charge in [0.15, 0.2) is 0 Å². The number of rotatable bonds is 8. The predicted molar refractivity (Wildman–Crippen MR) is 121 cm³/mol. The molecule has 2 amide bonds. The molecule has 0 radical (unpaired) electrons. The van der Waals surface area contributed by atoms with Crippen molar-refractivity contribution < 1.29 is 14.3 Å². The van der Waals surface area contributed by atoms with Crippen molar-refractivity contribution >= 4 is 27.7 Å². The largest absolute Gasteiger partial charge is 0.439 e. The molecule has 1 aromatic heterocycles. The first-order chi connectivity index (χ1) is 15.1. The summed E-state index contributed by atoms with van der Waals surface area (Å²) in [6, 6.07) is 19.9. The zero-order valence-electron chi connectivity index (χ0n) is 16.8. The molecule has 3 aromatic rings. The molecule has 0 saturated heterocycles. The maximum atomic E-state index is 12.8. The van der Waals surface area contributed by atoms with E-state index in [1.54, 1.807) is 12.1 Å². The molecule has 31 heavy (non-hydrogen) atoms. The van der Waals surface area contributed by atoms with Gasteiger partial charge in [-0.1, -0.05) is 52.3 Å². The van der Waals surface area contributed by atoms with Crippen LogP contribution in [0.25, 0.3) is 0 Å². The Labute approximate surface area is 189 Å². The first-order valence-electron chi connectivity index (χ1n) is 10.1. The maximum Gasteiger partial charge on any atom is 0.253 e. The van der Waals surface area contributed by atoms with Gasteiger partial charge in [-0.05, 0) is 42.7 Å². The van der Waals surface area contributed by atoms with Crippen LogP contribution in [0, 0.1) is 0 Å². The minimum Gasteiger partial charge on any atom is -0.439 e. The fourth-order valence-electron chi connectivity index (χ4n) is 3.06. The van der Waals surface area contributed by atoms with Crippen molar-refractivity contribution in [1.29, 1.82) is 0 Å². The van der Waals surface area contributed by atoms with E-state index in [2.05, 4.69) is 31.5 Å². The second-order valence-electron chi connectivity index (χ2n) is 7.44. The number of halogens is 1. The highest BCUT2D eigenvalue weighted by atomic mass is 79.9. The average Bonchev–Trinajstić information content (AvgIpc) is 3.58. The number of pyridine rings is 1. The van der Waals surface area contributed by atoms with Crippen LogP contribution in [0.4, 0.5) is 0 Å². The van der Waals surface area contributed by atoms with E-state index in [9.17, 15) is 9.59 Å². The van der Waals surface area contributed by atoms with Gasteiger partial charge in [0, 0.05) is 29.2 Å². The number of nitrogens with one attached hydrogen (secondary N) is 2. The fourth-order valence-corrected chi connectivity index (χ4v) is 3.43. The van der Waals surface area contributed by atoms with E-state index in [1.165, 1.54) is 6.20 Å². The summed E-state index contributed by atoms with van der Waals surface area (Å²) in [5, 5.41) is 5.83. The quantitative estimate of drug-likeness (QED) is 0.505. The minimum absolute atomic E-state index is 0.165. The third-order valence-electron chi connectivity index (χ3n) is 4.85. The molecule has 158 valence electrons. The molecule has 4 rings (SSSR count). The number of amides is 2. The standard InChI is InChI=1S/C24H22BrN3O3/c25-18-7-4-8-20(14-18)31-22-12-9-17(15-26-22)23(29)28-21(24(30)27-19-10-11-19)13-16-5-2-1-3-6-16/h1-9,12,14-15,19,21H,10-11,13H2,(H,27,30)(H,28,29). The Bertz CT molecular complexity index is 1050. The SMILES string of the molecule is O=C(NC(Cc1ccccc1)C(=O)NC1CC1)c1ccc(Oc2cccc(Br)c2)nc1. The molecule has 0 spiro atoms. The lowest BCUT2D eigenvalue weighted by molar-refractivity contribution is -0.123. The van der Waals surface area contributed by atoms with Crippen molar-refractivity contribution in [3.8, 4) is 11.6 Å². The van der Waals surface area contributed by atoms with E-state index in [0.29, 0.717) is 23.6 Å². The van der Waals surface area contributed by atoms with E-state index >= 15 is 0 Å². The molecule has 1 aliphatic carbocycles. The van der Waals surface area contributed by atoms with E-state index in [1.807, 2.05) is 54.6 Å². The Balaban J connectivity index is 1.42. The van der Waals surface area contributed by atoms with Gasteiger partial charge in [-0.2, -0.15) is 0 Å². The molecule has 1 saturated carbocycles. The number of benzene rings is 2. The third kappa shape index (κ3) is 6.15. The Morgan fingerprint density at radius 1 is 1.06 bits per heavy atom. The van der Waals surface area contributed by atoms with Crippen LogP contribution < -0.4 is 15.4 Å².